The van der Waals surface area contributed by atoms with E-state index in [4.69, 9.17) is 4.42 Å². The van der Waals surface area contributed by atoms with E-state index in [-0.39, 0.29) is 12.1 Å². The average Bonchev–Trinajstić information content (AvgIpc) is 3.46. The number of nitrogens with zero attached hydrogens (tertiary/aromatic N) is 5. The highest BCUT2D eigenvalue weighted by atomic mass is 19.1. The molecule has 3 aromatic heterocycles. The van der Waals surface area contributed by atoms with Crippen molar-refractivity contribution in [2.24, 2.45) is 0 Å². The second kappa shape index (κ2) is 7.99. The molecule has 0 aliphatic carbocycles. The van der Waals surface area contributed by atoms with Crippen molar-refractivity contribution >= 4 is 22.8 Å². The fourth-order valence-corrected chi connectivity index (χ4v) is 4.67. The van der Waals surface area contributed by atoms with Crippen LogP contribution in [-0.2, 0) is 6.54 Å². The van der Waals surface area contributed by atoms with Crippen LogP contribution >= 0.6 is 0 Å². The molecule has 1 fully saturated rings. The van der Waals surface area contributed by atoms with Gasteiger partial charge in [-0.25, -0.2) is 24.1 Å². The maximum absolute atomic E-state index is 15.0. The molecule has 4 aromatic rings. The second-order valence-electron chi connectivity index (χ2n) is 8.57. The van der Waals surface area contributed by atoms with E-state index in [1.54, 1.807) is 30.0 Å². The topological polar surface area (TPSA) is 97.3 Å². The molecule has 0 radical (unpaired) electrons. The van der Waals surface area contributed by atoms with Gasteiger partial charge in [0.05, 0.1) is 23.3 Å². The average molecular weight is 449 g/mol. The van der Waals surface area contributed by atoms with Crippen LogP contribution in [0.15, 0.2) is 41.1 Å². The van der Waals surface area contributed by atoms with Crippen LogP contribution < -0.4 is 4.90 Å². The summed E-state index contributed by atoms with van der Waals surface area (Å²) in [4.78, 5) is 27.3. The zero-order chi connectivity index (χ0) is 23.3. The van der Waals surface area contributed by atoms with Gasteiger partial charge >= 0.3 is 5.97 Å². The largest absolute Gasteiger partial charge is 0.478 e. The predicted octanol–water partition coefficient (Wildman–Crippen LogP) is 4.66. The summed E-state index contributed by atoms with van der Waals surface area (Å²) in [6.07, 6.45) is 5.53. The van der Waals surface area contributed by atoms with Crippen molar-refractivity contribution in [2.75, 3.05) is 4.90 Å². The van der Waals surface area contributed by atoms with Crippen molar-refractivity contribution in [2.45, 2.75) is 52.2 Å². The maximum Gasteiger partial charge on any atom is 0.338 e. The van der Waals surface area contributed by atoms with Crippen molar-refractivity contribution < 1.29 is 18.7 Å². The Labute approximate surface area is 189 Å². The SMILES string of the molecule is Cc1nc(Cn2c(-c3ccc(N4[C@@H](C)CC[C@@H]4C)nc3)nc3c(F)c(C(=O)O)ccc32)co1. The smallest absolute Gasteiger partial charge is 0.338 e. The van der Waals surface area contributed by atoms with E-state index in [9.17, 15) is 9.90 Å². The van der Waals surface area contributed by atoms with E-state index in [0.717, 1.165) is 18.7 Å². The zero-order valence-electron chi connectivity index (χ0n) is 18.6. The number of oxazole rings is 1. The second-order valence-corrected chi connectivity index (χ2v) is 8.57. The molecule has 1 aliphatic rings. The van der Waals surface area contributed by atoms with Gasteiger partial charge in [0.15, 0.2) is 11.7 Å². The number of aryl methyl sites for hydroxylation is 1. The normalized spacial score (nSPS) is 18.4. The van der Waals surface area contributed by atoms with E-state index >= 15 is 4.39 Å². The fourth-order valence-electron chi connectivity index (χ4n) is 4.67. The highest BCUT2D eigenvalue weighted by Gasteiger charge is 2.28. The van der Waals surface area contributed by atoms with Crippen LogP contribution in [0.4, 0.5) is 10.2 Å². The Bertz CT molecular complexity index is 1330. The summed E-state index contributed by atoms with van der Waals surface area (Å²) in [5.41, 5.74) is 1.41. The molecule has 1 aliphatic heterocycles. The Morgan fingerprint density at radius 3 is 2.55 bits per heavy atom. The number of carbonyl (C=O) groups is 1. The van der Waals surface area contributed by atoms with Crippen molar-refractivity contribution in [1.82, 2.24) is 19.5 Å². The molecule has 9 heteroatoms. The number of pyridine rings is 1. The molecule has 33 heavy (non-hydrogen) atoms. The van der Waals surface area contributed by atoms with E-state index < -0.39 is 17.3 Å². The molecule has 5 rings (SSSR count). The molecule has 1 saturated heterocycles. The number of imidazole rings is 1. The third-order valence-corrected chi connectivity index (χ3v) is 6.30. The van der Waals surface area contributed by atoms with Crippen molar-refractivity contribution in [3.8, 4) is 11.4 Å². The first-order valence-corrected chi connectivity index (χ1v) is 10.9. The summed E-state index contributed by atoms with van der Waals surface area (Å²) >= 11 is 0. The van der Waals surface area contributed by atoms with Gasteiger partial charge in [0.2, 0.25) is 0 Å². The highest BCUT2D eigenvalue weighted by Crippen LogP contribution is 2.32. The lowest BCUT2D eigenvalue weighted by Crippen LogP contribution is -2.33. The first-order chi connectivity index (χ1) is 15.8. The number of benzene rings is 1. The van der Waals surface area contributed by atoms with Crippen LogP contribution in [0, 0.1) is 12.7 Å². The van der Waals surface area contributed by atoms with E-state index in [0.29, 0.717) is 40.6 Å². The van der Waals surface area contributed by atoms with Gasteiger partial charge in [-0.3, -0.25) is 0 Å². The van der Waals surface area contributed by atoms with Gasteiger partial charge in [-0.15, -0.1) is 0 Å². The molecule has 4 heterocycles. The van der Waals surface area contributed by atoms with Crippen molar-refractivity contribution in [3.05, 3.63) is 59.7 Å². The predicted molar refractivity (Wildman–Crippen MR) is 121 cm³/mol. The molecular formula is C24H24FN5O3. The van der Waals surface area contributed by atoms with Crippen LogP contribution in [0.2, 0.25) is 0 Å². The number of hydrogen-bond donors (Lipinski definition) is 1. The molecule has 0 bridgehead atoms. The Balaban J connectivity index is 1.62. The van der Waals surface area contributed by atoms with E-state index in [2.05, 4.69) is 33.7 Å². The minimum atomic E-state index is -1.34. The molecule has 1 aromatic carbocycles. The highest BCUT2D eigenvalue weighted by molar-refractivity contribution is 5.94. The van der Waals surface area contributed by atoms with Crippen LogP contribution in [-0.4, -0.2) is 42.7 Å². The van der Waals surface area contributed by atoms with Gasteiger partial charge in [-0.05, 0) is 51.0 Å². The lowest BCUT2D eigenvalue weighted by atomic mass is 10.2. The van der Waals surface area contributed by atoms with E-state index in [1.165, 1.54) is 6.07 Å². The Morgan fingerprint density at radius 1 is 1.18 bits per heavy atom. The number of rotatable bonds is 5. The van der Waals surface area contributed by atoms with Gasteiger partial charge in [0.1, 0.15) is 23.4 Å². The summed E-state index contributed by atoms with van der Waals surface area (Å²) < 4.78 is 22.1. The summed E-state index contributed by atoms with van der Waals surface area (Å²) in [5, 5.41) is 9.32. The third kappa shape index (κ3) is 3.63. The van der Waals surface area contributed by atoms with Crippen LogP contribution in [0.5, 0.6) is 0 Å². The lowest BCUT2D eigenvalue weighted by molar-refractivity contribution is 0.0692. The zero-order valence-corrected chi connectivity index (χ0v) is 18.6. The Morgan fingerprint density at radius 2 is 1.94 bits per heavy atom. The minimum Gasteiger partial charge on any atom is -0.478 e. The van der Waals surface area contributed by atoms with Crippen molar-refractivity contribution in [1.29, 1.82) is 0 Å². The Kier molecular flexibility index (Phi) is 5.11. The summed E-state index contributed by atoms with van der Waals surface area (Å²) in [6.45, 7) is 6.43. The first-order valence-electron chi connectivity index (χ1n) is 10.9. The van der Waals surface area contributed by atoms with E-state index in [1.807, 2.05) is 12.1 Å². The summed E-state index contributed by atoms with van der Waals surface area (Å²) in [6, 6.07) is 7.54. The molecule has 0 saturated carbocycles. The molecule has 1 N–H and O–H groups in total. The standard InChI is InChI=1S/C24H24FN5O3/c1-13-4-5-14(2)30(13)20-9-6-16(10-26-20)23-28-22-19(8-7-18(21(22)25)24(31)32)29(23)11-17-12-33-15(3)27-17/h6-10,12-14H,4-5,11H2,1-3H3,(H,31,32)/t13-,14-/m0/s1. The number of carboxylic acid groups (broad SMARTS) is 1. The minimum absolute atomic E-state index is 0.00372. The number of hydrogen-bond acceptors (Lipinski definition) is 6. The first kappa shape index (κ1) is 21.1. The van der Waals surface area contributed by atoms with Crippen molar-refractivity contribution in [3.63, 3.8) is 0 Å². The molecule has 170 valence electrons. The molecule has 8 nitrogen and oxygen atoms in total. The summed E-state index contributed by atoms with van der Waals surface area (Å²) in [5.74, 6) is -0.299. The number of aromatic carboxylic acids is 1. The summed E-state index contributed by atoms with van der Waals surface area (Å²) in [7, 11) is 0. The van der Waals surface area contributed by atoms with Gasteiger partial charge in [0.25, 0.3) is 0 Å². The molecule has 2 atom stereocenters. The number of aromatic nitrogens is 4. The molecule has 0 spiro atoms. The van der Waals surface area contributed by atoms with Gasteiger partial charge in [-0.2, -0.15) is 0 Å². The molecule has 0 unspecified atom stereocenters. The maximum atomic E-state index is 15.0. The lowest BCUT2D eigenvalue weighted by Gasteiger charge is -2.27. The Hall–Kier alpha value is -3.75. The fraction of sp³-hybridized carbons (Fsp3) is 0.333. The van der Waals surface area contributed by atoms with Gasteiger partial charge in [0, 0.05) is 30.8 Å². The van der Waals surface area contributed by atoms with Crippen LogP contribution in [0.1, 0.15) is 48.6 Å². The van der Waals surface area contributed by atoms with Gasteiger partial charge < -0.3 is 19.0 Å². The molecular weight excluding hydrogens is 425 g/mol. The van der Waals surface area contributed by atoms with Crippen LogP contribution in [0.25, 0.3) is 22.4 Å². The number of carboxylic acids is 1. The third-order valence-electron chi connectivity index (χ3n) is 6.30. The number of fused-ring (bicyclic) bond motifs is 1. The molecule has 0 amide bonds. The number of anilines is 1. The van der Waals surface area contributed by atoms with Gasteiger partial charge in [-0.1, -0.05) is 0 Å². The quantitative estimate of drug-likeness (QED) is 0.473. The van der Waals surface area contributed by atoms with Crippen LogP contribution in [0.3, 0.4) is 0 Å². The number of halogens is 1. The monoisotopic (exact) mass is 449 g/mol.